The van der Waals surface area contributed by atoms with E-state index >= 15 is 0 Å². The standard InChI is InChI=1S/C21H22N2O8S/c1-28-20(26)17-14(18(21(27)29-2)32-19(17)22)10-31-16(25)11-30-13-7-5-12(6-8-13)23-9-3-4-15(23)24/h5-8H,3-4,9-11,22H2,1-2H3. The molecular weight excluding hydrogens is 440 g/mol. The van der Waals surface area contributed by atoms with Crippen molar-refractivity contribution in [1.29, 1.82) is 0 Å². The molecule has 0 unspecified atom stereocenters. The molecule has 1 amide bonds. The molecule has 1 fully saturated rings. The number of ether oxygens (including phenoxy) is 4. The van der Waals surface area contributed by atoms with Crippen molar-refractivity contribution in [3.05, 3.63) is 40.3 Å². The Bertz CT molecular complexity index is 1030. The molecule has 1 aliphatic heterocycles. The normalized spacial score (nSPS) is 13.1. The SMILES string of the molecule is COC(=O)c1sc(N)c(C(=O)OC)c1COC(=O)COc1ccc(N2CCCC2=O)cc1. The van der Waals surface area contributed by atoms with Crippen LogP contribution in [0.1, 0.15) is 38.4 Å². The highest BCUT2D eigenvalue weighted by molar-refractivity contribution is 7.18. The van der Waals surface area contributed by atoms with E-state index in [-0.39, 0.29) is 33.5 Å². The minimum Gasteiger partial charge on any atom is -0.482 e. The number of hydrogen-bond donors (Lipinski definition) is 1. The fraction of sp³-hybridized carbons (Fsp3) is 0.333. The molecule has 0 saturated carbocycles. The number of esters is 3. The lowest BCUT2D eigenvalue weighted by molar-refractivity contribution is -0.147. The van der Waals surface area contributed by atoms with E-state index in [0.717, 1.165) is 23.4 Å². The zero-order chi connectivity index (χ0) is 23.3. The summed E-state index contributed by atoms with van der Waals surface area (Å²) in [6, 6.07) is 6.78. The van der Waals surface area contributed by atoms with E-state index in [1.807, 2.05) is 0 Å². The van der Waals surface area contributed by atoms with Gasteiger partial charge >= 0.3 is 17.9 Å². The Kier molecular flexibility index (Phi) is 7.31. The zero-order valence-electron chi connectivity index (χ0n) is 17.5. The molecule has 170 valence electrons. The van der Waals surface area contributed by atoms with Crippen LogP contribution in [0.2, 0.25) is 0 Å². The summed E-state index contributed by atoms with van der Waals surface area (Å²) in [5.41, 5.74) is 6.67. The second-order valence-corrected chi connectivity index (χ2v) is 7.78. The Balaban J connectivity index is 1.61. The summed E-state index contributed by atoms with van der Waals surface area (Å²) in [6.07, 6.45) is 1.36. The van der Waals surface area contributed by atoms with Crippen molar-refractivity contribution in [2.75, 3.05) is 38.0 Å². The first-order chi connectivity index (χ1) is 15.3. The molecule has 2 N–H and O–H groups in total. The van der Waals surface area contributed by atoms with Crippen LogP contribution in [0, 0.1) is 0 Å². The van der Waals surface area contributed by atoms with Gasteiger partial charge in [-0.25, -0.2) is 14.4 Å². The molecule has 11 heteroatoms. The first kappa shape index (κ1) is 23.1. The van der Waals surface area contributed by atoms with Crippen molar-refractivity contribution in [2.45, 2.75) is 19.4 Å². The molecule has 1 aliphatic rings. The van der Waals surface area contributed by atoms with Crippen molar-refractivity contribution < 1.29 is 38.1 Å². The van der Waals surface area contributed by atoms with E-state index in [4.69, 9.17) is 24.7 Å². The minimum absolute atomic E-state index is 0.0429. The van der Waals surface area contributed by atoms with Crippen molar-refractivity contribution in [3.8, 4) is 5.75 Å². The summed E-state index contributed by atoms with van der Waals surface area (Å²) in [4.78, 5) is 49.7. The first-order valence-corrected chi connectivity index (χ1v) is 10.4. The smallest absolute Gasteiger partial charge is 0.348 e. The van der Waals surface area contributed by atoms with Gasteiger partial charge in [-0.3, -0.25) is 4.79 Å². The lowest BCUT2D eigenvalue weighted by Crippen LogP contribution is -2.23. The summed E-state index contributed by atoms with van der Waals surface area (Å²) >= 11 is 0.843. The number of nitrogens with two attached hydrogens (primary N) is 1. The number of thiophene rings is 1. The lowest BCUT2D eigenvalue weighted by Gasteiger charge is -2.16. The lowest BCUT2D eigenvalue weighted by atomic mass is 10.1. The van der Waals surface area contributed by atoms with Crippen molar-refractivity contribution in [1.82, 2.24) is 0 Å². The van der Waals surface area contributed by atoms with E-state index in [2.05, 4.69) is 0 Å². The Morgan fingerprint density at radius 3 is 2.38 bits per heavy atom. The summed E-state index contributed by atoms with van der Waals surface area (Å²) in [5.74, 6) is -1.69. The molecule has 0 aliphatic carbocycles. The van der Waals surface area contributed by atoms with Gasteiger partial charge in [0, 0.05) is 24.2 Å². The number of carbonyl (C=O) groups is 4. The molecule has 32 heavy (non-hydrogen) atoms. The van der Waals surface area contributed by atoms with Crippen LogP contribution in [0.5, 0.6) is 5.75 Å². The van der Waals surface area contributed by atoms with Crippen molar-refractivity contribution >= 4 is 45.8 Å². The number of rotatable bonds is 8. The van der Waals surface area contributed by atoms with Gasteiger partial charge in [0.25, 0.3) is 0 Å². The monoisotopic (exact) mass is 462 g/mol. The quantitative estimate of drug-likeness (QED) is 0.462. The van der Waals surface area contributed by atoms with E-state index in [9.17, 15) is 19.2 Å². The van der Waals surface area contributed by atoms with Crippen LogP contribution in [0.25, 0.3) is 0 Å². The predicted octanol–water partition coefficient (Wildman–Crippen LogP) is 2.15. The summed E-state index contributed by atoms with van der Waals surface area (Å²) in [5, 5.41) is 0.0520. The number of nitrogens with zero attached hydrogens (tertiary/aromatic N) is 1. The van der Waals surface area contributed by atoms with Gasteiger partial charge in [0.1, 0.15) is 27.8 Å². The first-order valence-electron chi connectivity index (χ1n) is 9.62. The Hall–Kier alpha value is -3.60. The van der Waals surface area contributed by atoms with Gasteiger partial charge in [-0.2, -0.15) is 0 Å². The van der Waals surface area contributed by atoms with Gasteiger partial charge in [-0.15, -0.1) is 11.3 Å². The van der Waals surface area contributed by atoms with Gasteiger partial charge in [0.15, 0.2) is 6.61 Å². The molecule has 2 aromatic rings. The van der Waals surface area contributed by atoms with E-state index < -0.39 is 24.5 Å². The van der Waals surface area contributed by atoms with Crippen molar-refractivity contribution in [3.63, 3.8) is 0 Å². The molecule has 0 atom stereocenters. The Labute approximate surface area is 187 Å². The van der Waals surface area contributed by atoms with Crippen LogP contribution >= 0.6 is 11.3 Å². The van der Waals surface area contributed by atoms with Gasteiger partial charge in [0.05, 0.1) is 14.2 Å². The average Bonchev–Trinajstić information content (AvgIpc) is 3.38. The highest BCUT2D eigenvalue weighted by atomic mass is 32.1. The molecule has 1 saturated heterocycles. The second-order valence-electron chi connectivity index (χ2n) is 6.72. The number of methoxy groups -OCH3 is 2. The summed E-state index contributed by atoms with van der Waals surface area (Å²) in [7, 11) is 2.36. The third-order valence-corrected chi connectivity index (χ3v) is 5.79. The third-order valence-electron chi connectivity index (χ3n) is 4.75. The van der Waals surface area contributed by atoms with Crippen LogP contribution < -0.4 is 15.4 Å². The number of hydrogen-bond acceptors (Lipinski definition) is 10. The summed E-state index contributed by atoms with van der Waals surface area (Å²) < 4.78 is 20.0. The molecule has 0 radical (unpaired) electrons. The number of carbonyl (C=O) groups excluding carboxylic acids is 4. The Morgan fingerprint density at radius 1 is 1.09 bits per heavy atom. The molecule has 2 heterocycles. The molecular formula is C21H22N2O8S. The maximum absolute atomic E-state index is 12.2. The fourth-order valence-corrected chi connectivity index (χ4v) is 4.17. The molecule has 1 aromatic carbocycles. The topological polar surface area (TPSA) is 134 Å². The Morgan fingerprint density at radius 2 is 1.78 bits per heavy atom. The van der Waals surface area contributed by atoms with Crippen LogP contribution in [0.3, 0.4) is 0 Å². The molecule has 10 nitrogen and oxygen atoms in total. The predicted molar refractivity (Wildman–Crippen MR) is 115 cm³/mol. The van der Waals surface area contributed by atoms with Crippen LogP contribution in [0.4, 0.5) is 10.7 Å². The summed E-state index contributed by atoms with van der Waals surface area (Å²) in [6.45, 7) is -0.108. The minimum atomic E-state index is -0.757. The molecule has 1 aromatic heterocycles. The van der Waals surface area contributed by atoms with Gasteiger partial charge in [-0.1, -0.05) is 0 Å². The van der Waals surface area contributed by atoms with Crippen LogP contribution in [-0.4, -0.2) is 51.2 Å². The van der Waals surface area contributed by atoms with E-state index in [0.29, 0.717) is 18.7 Å². The molecule has 0 spiro atoms. The largest absolute Gasteiger partial charge is 0.482 e. The highest BCUT2D eigenvalue weighted by Crippen LogP contribution is 2.33. The fourth-order valence-electron chi connectivity index (χ4n) is 3.19. The average molecular weight is 462 g/mol. The number of anilines is 2. The molecule has 3 rings (SSSR count). The van der Waals surface area contributed by atoms with Gasteiger partial charge < -0.3 is 29.6 Å². The van der Waals surface area contributed by atoms with E-state index in [1.165, 1.54) is 14.2 Å². The zero-order valence-corrected chi connectivity index (χ0v) is 18.4. The van der Waals surface area contributed by atoms with E-state index in [1.54, 1.807) is 29.2 Å². The second kappa shape index (κ2) is 10.1. The third kappa shape index (κ3) is 4.99. The number of benzene rings is 1. The van der Waals surface area contributed by atoms with Gasteiger partial charge in [0.2, 0.25) is 5.91 Å². The maximum Gasteiger partial charge on any atom is 0.348 e. The van der Waals surface area contributed by atoms with Gasteiger partial charge in [-0.05, 0) is 30.7 Å². The van der Waals surface area contributed by atoms with Crippen LogP contribution in [-0.2, 0) is 30.4 Å². The van der Waals surface area contributed by atoms with Crippen LogP contribution in [0.15, 0.2) is 24.3 Å². The number of amides is 1. The number of nitrogen functional groups attached to an aromatic ring is 1. The van der Waals surface area contributed by atoms with Crippen molar-refractivity contribution in [2.24, 2.45) is 0 Å². The highest BCUT2D eigenvalue weighted by Gasteiger charge is 2.28. The molecule has 0 bridgehead atoms. The maximum atomic E-state index is 12.2.